The minimum absolute atomic E-state index is 0.194. The number of anilines is 1. The van der Waals surface area contributed by atoms with E-state index in [-0.39, 0.29) is 17.3 Å². The zero-order valence-corrected chi connectivity index (χ0v) is 12.3. The number of hydrogen-bond donors (Lipinski definition) is 1. The summed E-state index contributed by atoms with van der Waals surface area (Å²) in [4.78, 5) is 20.7. The van der Waals surface area contributed by atoms with E-state index in [0.29, 0.717) is 17.0 Å². The highest BCUT2D eigenvalue weighted by atomic mass is 16.5. The molecular formula is C17H12N4O2. The first-order valence-corrected chi connectivity index (χ1v) is 6.82. The van der Waals surface area contributed by atoms with Crippen LogP contribution in [0.4, 0.5) is 5.82 Å². The number of methoxy groups -OCH3 is 1. The fourth-order valence-electron chi connectivity index (χ4n) is 2.11. The van der Waals surface area contributed by atoms with Gasteiger partial charge in [0.1, 0.15) is 11.8 Å². The van der Waals surface area contributed by atoms with Gasteiger partial charge in [-0.25, -0.2) is 9.97 Å². The van der Waals surface area contributed by atoms with Crippen LogP contribution in [0.5, 0.6) is 5.75 Å². The van der Waals surface area contributed by atoms with Crippen molar-refractivity contribution in [1.82, 2.24) is 9.97 Å². The van der Waals surface area contributed by atoms with E-state index < -0.39 is 0 Å². The predicted molar refractivity (Wildman–Crippen MR) is 85.2 cm³/mol. The lowest BCUT2D eigenvalue weighted by Gasteiger charge is -2.08. The van der Waals surface area contributed by atoms with Crippen LogP contribution in [-0.2, 0) is 0 Å². The summed E-state index contributed by atoms with van der Waals surface area (Å²) in [5.74, 6) is 0.499. The van der Waals surface area contributed by atoms with Gasteiger partial charge in [-0.15, -0.1) is 0 Å². The van der Waals surface area contributed by atoms with Gasteiger partial charge in [0.2, 0.25) is 0 Å². The second kappa shape index (κ2) is 6.12. The van der Waals surface area contributed by atoms with Gasteiger partial charge in [0.15, 0.2) is 11.5 Å². The predicted octanol–water partition coefficient (Wildman–Crippen LogP) is 2.76. The van der Waals surface area contributed by atoms with E-state index in [0.717, 1.165) is 5.39 Å². The van der Waals surface area contributed by atoms with Crippen molar-refractivity contribution in [3.63, 3.8) is 0 Å². The number of carbonyl (C=O) groups is 1. The molecule has 112 valence electrons. The van der Waals surface area contributed by atoms with Gasteiger partial charge in [-0.3, -0.25) is 4.79 Å². The van der Waals surface area contributed by atoms with Crippen LogP contribution in [0.3, 0.4) is 0 Å². The number of fused-ring (bicyclic) bond motifs is 1. The molecule has 0 spiro atoms. The average Bonchev–Trinajstić information content (AvgIpc) is 2.61. The lowest BCUT2D eigenvalue weighted by atomic mass is 10.2. The fraction of sp³-hybridized carbons (Fsp3) is 0.0588. The molecule has 6 nitrogen and oxygen atoms in total. The SMILES string of the molecule is COc1ccc(C(=O)Nc2nc3ncccc3cc2C#N)cc1. The summed E-state index contributed by atoms with van der Waals surface area (Å²) in [6.45, 7) is 0. The molecule has 0 saturated heterocycles. The highest BCUT2D eigenvalue weighted by molar-refractivity contribution is 6.04. The third-order valence-corrected chi connectivity index (χ3v) is 3.29. The Hall–Kier alpha value is -3.46. The summed E-state index contributed by atoms with van der Waals surface area (Å²) in [6.07, 6.45) is 1.61. The summed E-state index contributed by atoms with van der Waals surface area (Å²) < 4.78 is 5.06. The molecular weight excluding hydrogens is 292 g/mol. The summed E-state index contributed by atoms with van der Waals surface area (Å²) in [5, 5.41) is 12.6. The maximum atomic E-state index is 12.3. The minimum atomic E-state index is -0.355. The molecule has 2 heterocycles. The summed E-state index contributed by atoms with van der Waals surface area (Å²) in [6, 6.07) is 13.9. The van der Waals surface area contributed by atoms with Crippen molar-refractivity contribution in [2.75, 3.05) is 12.4 Å². The third-order valence-electron chi connectivity index (χ3n) is 3.29. The molecule has 1 aromatic carbocycles. The molecule has 23 heavy (non-hydrogen) atoms. The number of hydrogen-bond acceptors (Lipinski definition) is 5. The van der Waals surface area contributed by atoms with Crippen LogP contribution in [0, 0.1) is 11.3 Å². The highest BCUT2D eigenvalue weighted by Gasteiger charge is 2.12. The van der Waals surface area contributed by atoms with Crippen molar-refractivity contribution in [2.45, 2.75) is 0 Å². The zero-order valence-electron chi connectivity index (χ0n) is 12.3. The van der Waals surface area contributed by atoms with E-state index in [1.807, 2.05) is 12.1 Å². The number of benzene rings is 1. The van der Waals surface area contributed by atoms with E-state index in [1.54, 1.807) is 49.7 Å². The van der Waals surface area contributed by atoms with Crippen molar-refractivity contribution in [2.24, 2.45) is 0 Å². The van der Waals surface area contributed by atoms with Gasteiger partial charge in [-0.1, -0.05) is 0 Å². The first-order valence-electron chi connectivity index (χ1n) is 6.82. The number of rotatable bonds is 3. The number of ether oxygens (including phenoxy) is 1. The lowest BCUT2D eigenvalue weighted by Crippen LogP contribution is -2.14. The first-order chi connectivity index (χ1) is 11.2. The Balaban J connectivity index is 1.93. The van der Waals surface area contributed by atoms with Gasteiger partial charge < -0.3 is 10.1 Å². The van der Waals surface area contributed by atoms with Crippen LogP contribution in [0.25, 0.3) is 11.0 Å². The van der Waals surface area contributed by atoms with Crippen LogP contribution in [0.2, 0.25) is 0 Å². The number of nitrogens with zero attached hydrogens (tertiary/aromatic N) is 3. The molecule has 0 aliphatic rings. The molecule has 1 amide bonds. The fourth-order valence-corrected chi connectivity index (χ4v) is 2.11. The van der Waals surface area contributed by atoms with Crippen molar-refractivity contribution in [3.8, 4) is 11.8 Å². The van der Waals surface area contributed by atoms with Crippen LogP contribution in [0.1, 0.15) is 15.9 Å². The molecule has 1 N–H and O–H groups in total. The molecule has 3 rings (SSSR count). The van der Waals surface area contributed by atoms with Crippen molar-refractivity contribution < 1.29 is 9.53 Å². The highest BCUT2D eigenvalue weighted by Crippen LogP contribution is 2.19. The van der Waals surface area contributed by atoms with Gasteiger partial charge in [0, 0.05) is 17.1 Å². The van der Waals surface area contributed by atoms with E-state index in [2.05, 4.69) is 15.3 Å². The topological polar surface area (TPSA) is 87.9 Å². The summed E-state index contributed by atoms with van der Waals surface area (Å²) in [7, 11) is 1.56. The van der Waals surface area contributed by atoms with Gasteiger partial charge in [0.05, 0.1) is 12.7 Å². The average molecular weight is 304 g/mol. The smallest absolute Gasteiger partial charge is 0.256 e. The Bertz CT molecular complexity index is 914. The molecule has 0 aliphatic heterocycles. The van der Waals surface area contributed by atoms with Gasteiger partial charge in [-0.2, -0.15) is 5.26 Å². The number of nitrogens with one attached hydrogen (secondary N) is 1. The monoisotopic (exact) mass is 304 g/mol. The maximum absolute atomic E-state index is 12.3. The van der Waals surface area contributed by atoms with Crippen LogP contribution in [-0.4, -0.2) is 23.0 Å². The van der Waals surface area contributed by atoms with Crippen molar-refractivity contribution in [3.05, 3.63) is 59.8 Å². The maximum Gasteiger partial charge on any atom is 0.256 e. The van der Waals surface area contributed by atoms with E-state index in [1.165, 1.54) is 0 Å². The van der Waals surface area contributed by atoms with E-state index in [4.69, 9.17) is 4.74 Å². The molecule has 0 unspecified atom stereocenters. The zero-order chi connectivity index (χ0) is 16.2. The quantitative estimate of drug-likeness (QED) is 0.803. The number of aromatic nitrogens is 2. The number of nitriles is 1. The molecule has 0 atom stereocenters. The van der Waals surface area contributed by atoms with Gasteiger partial charge >= 0.3 is 0 Å². The van der Waals surface area contributed by atoms with Crippen LogP contribution < -0.4 is 10.1 Å². The minimum Gasteiger partial charge on any atom is -0.497 e. The van der Waals surface area contributed by atoms with Crippen molar-refractivity contribution >= 4 is 22.8 Å². The molecule has 6 heteroatoms. The number of carbonyl (C=O) groups excluding carboxylic acids is 1. The Morgan fingerprint density at radius 3 is 2.74 bits per heavy atom. The second-order valence-electron chi connectivity index (χ2n) is 4.73. The second-order valence-corrected chi connectivity index (χ2v) is 4.73. The van der Waals surface area contributed by atoms with Gasteiger partial charge in [0.25, 0.3) is 5.91 Å². The number of pyridine rings is 2. The summed E-state index contributed by atoms with van der Waals surface area (Å²) in [5.41, 5.74) is 1.20. The molecule has 0 radical (unpaired) electrons. The molecule has 0 aliphatic carbocycles. The molecule has 0 fully saturated rings. The Kier molecular flexibility index (Phi) is 3.85. The van der Waals surface area contributed by atoms with Crippen molar-refractivity contribution in [1.29, 1.82) is 5.26 Å². The Labute approximate surface area is 132 Å². The standard InChI is InChI=1S/C17H12N4O2/c1-23-14-6-4-11(5-7-14)17(22)21-16-13(10-18)9-12-3-2-8-19-15(12)20-16/h2-9H,1H3,(H,19,20,21,22). The largest absolute Gasteiger partial charge is 0.497 e. The third kappa shape index (κ3) is 2.94. The molecule has 3 aromatic rings. The van der Waals surface area contributed by atoms with E-state index in [9.17, 15) is 10.1 Å². The molecule has 0 saturated carbocycles. The Morgan fingerprint density at radius 2 is 2.04 bits per heavy atom. The Morgan fingerprint density at radius 1 is 1.26 bits per heavy atom. The van der Waals surface area contributed by atoms with Crippen LogP contribution in [0.15, 0.2) is 48.7 Å². The van der Waals surface area contributed by atoms with Gasteiger partial charge in [-0.05, 0) is 42.5 Å². The lowest BCUT2D eigenvalue weighted by molar-refractivity contribution is 0.102. The molecule has 2 aromatic heterocycles. The van der Waals surface area contributed by atoms with Crippen LogP contribution >= 0.6 is 0 Å². The first kappa shape index (κ1) is 14.5. The normalized spacial score (nSPS) is 10.1. The number of amides is 1. The summed E-state index contributed by atoms with van der Waals surface area (Å²) >= 11 is 0. The van der Waals surface area contributed by atoms with E-state index >= 15 is 0 Å². The molecule has 0 bridgehead atoms.